The first-order valence-electron chi connectivity index (χ1n) is 6.79. The smallest absolute Gasteiger partial charge is 0.211 e. The summed E-state index contributed by atoms with van der Waals surface area (Å²) < 4.78 is 29.2. The molecule has 0 aliphatic carbocycles. The van der Waals surface area contributed by atoms with Crippen molar-refractivity contribution in [1.82, 2.24) is 4.98 Å². The van der Waals surface area contributed by atoms with E-state index in [1.165, 1.54) is 18.3 Å². The summed E-state index contributed by atoms with van der Waals surface area (Å²) in [6.45, 7) is 0. The summed E-state index contributed by atoms with van der Waals surface area (Å²) in [6, 6.07) is 9.83. The van der Waals surface area contributed by atoms with Crippen LogP contribution < -0.4 is 16.2 Å². The highest BCUT2D eigenvalue weighted by Gasteiger charge is 2.20. The van der Waals surface area contributed by atoms with Crippen LogP contribution in [0.15, 0.2) is 57.7 Å². The first kappa shape index (κ1) is 20.4. The standard InChI is InChI=1S/C15H17N5O3S.ClH/c1-23-11-7-5-10(6-8-11)13(19-20-15(16)17)14-12(24(2,21)22)4-3-9-18-14;/h3-9H,1-2H3,(H4,16,17,20);1H/b19-13-;. The fraction of sp³-hybridized carbons (Fsp3) is 0.133. The molecular weight excluding hydrogens is 366 g/mol. The minimum absolute atomic E-state index is 0. The van der Waals surface area contributed by atoms with Crippen LogP contribution in [0.4, 0.5) is 0 Å². The molecule has 0 spiro atoms. The molecule has 0 amide bonds. The lowest BCUT2D eigenvalue weighted by Gasteiger charge is -2.10. The van der Waals surface area contributed by atoms with E-state index in [1.54, 1.807) is 31.4 Å². The number of methoxy groups -OCH3 is 1. The Kier molecular flexibility index (Phi) is 6.89. The third-order valence-electron chi connectivity index (χ3n) is 3.02. The number of pyridine rings is 1. The SMILES string of the molecule is COc1ccc(/C(=N/N=C(N)N)c2ncccc2S(C)(=O)=O)cc1.Cl. The van der Waals surface area contributed by atoms with Gasteiger partial charge < -0.3 is 16.2 Å². The molecule has 0 atom stereocenters. The average molecular weight is 384 g/mol. The zero-order valence-corrected chi connectivity index (χ0v) is 15.2. The van der Waals surface area contributed by atoms with E-state index in [2.05, 4.69) is 15.2 Å². The van der Waals surface area contributed by atoms with Gasteiger partial charge in [0, 0.05) is 18.0 Å². The molecule has 1 aromatic carbocycles. The number of sulfone groups is 1. The Morgan fingerprint density at radius 2 is 1.76 bits per heavy atom. The molecule has 8 nitrogen and oxygen atoms in total. The van der Waals surface area contributed by atoms with Gasteiger partial charge in [-0.05, 0) is 36.4 Å². The molecule has 4 N–H and O–H groups in total. The number of hydrogen-bond acceptors (Lipinski definition) is 6. The molecule has 0 saturated carbocycles. The molecule has 1 heterocycles. The lowest BCUT2D eigenvalue weighted by atomic mass is 10.1. The fourth-order valence-corrected chi connectivity index (χ4v) is 2.79. The van der Waals surface area contributed by atoms with Gasteiger partial charge in [-0.2, -0.15) is 0 Å². The second kappa shape index (κ2) is 8.45. The van der Waals surface area contributed by atoms with Crippen LogP contribution in [-0.2, 0) is 9.84 Å². The van der Waals surface area contributed by atoms with Crippen molar-refractivity contribution in [2.45, 2.75) is 4.90 Å². The molecule has 25 heavy (non-hydrogen) atoms. The maximum atomic E-state index is 12.0. The van der Waals surface area contributed by atoms with Crippen molar-refractivity contribution in [2.24, 2.45) is 21.7 Å². The average Bonchev–Trinajstić information content (AvgIpc) is 2.55. The van der Waals surface area contributed by atoms with Crippen molar-refractivity contribution in [3.8, 4) is 5.75 Å². The van der Waals surface area contributed by atoms with Gasteiger partial charge in [0.2, 0.25) is 5.96 Å². The van der Waals surface area contributed by atoms with E-state index in [-0.39, 0.29) is 34.7 Å². The van der Waals surface area contributed by atoms with Crippen molar-refractivity contribution in [2.75, 3.05) is 13.4 Å². The quantitative estimate of drug-likeness (QED) is 0.448. The van der Waals surface area contributed by atoms with Crippen LogP contribution in [0.25, 0.3) is 0 Å². The summed E-state index contributed by atoms with van der Waals surface area (Å²) in [5.74, 6) is 0.391. The number of benzene rings is 1. The van der Waals surface area contributed by atoms with E-state index >= 15 is 0 Å². The molecule has 0 aliphatic heterocycles. The number of nitrogens with two attached hydrogens (primary N) is 2. The van der Waals surface area contributed by atoms with Crippen LogP contribution in [0.1, 0.15) is 11.3 Å². The number of guanidine groups is 1. The third-order valence-corrected chi connectivity index (χ3v) is 4.15. The highest BCUT2D eigenvalue weighted by molar-refractivity contribution is 7.90. The van der Waals surface area contributed by atoms with Gasteiger partial charge in [-0.15, -0.1) is 22.6 Å². The molecule has 134 valence electrons. The Hall–Kier alpha value is -2.65. The number of nitrogens with zero attached hydrogens (tertiary/aromatic N) is 3. The zero-order valence-electron chi connectivity index (χ0n) is 13.6. The van der Waals surface area contributed by atoms with E-state index in [1.807, 2.05) is 0 Å². The molecular formula is C15H18ClN5O3S. The minimum atomic E-state index is -3.52. The van der Waals surface area contributed by atoms with Crippen molar-refractivity contribution in [3.63, 3.8) is 0 Å². The summed E-state index contributed by atoms with van der Waals surface area (Å²) in [7, 11) is -1.97. The van der Waals surface area contributed by atoms with E-state index in [0.717, 1.165) is 6.26 Å². The van der Waals surface area contributed by atoms with Crippen molar-refractivity contribution < 1.29 is 13.2 Å². The van der Waals surface area contributed by atoms with Gasteiger partial charge in [0.05, 0.1) is 12.0 Å². The van der Waals surface area contributed by atoms with Crippen LogP contribution in [0, 0.1) is 0 Å². The predicted octanol–water partition coefficient (Wildman–Crippen LogP) is 0.941. The summed E-state index contributed by atoms with van der Waals surface area (Å²) in [4.78, 5) is 4.18. The van der Waals surface area contributed by atoms with Gasteiger partial charge in [0.15, 0.2) is 9.84 Å². The molecule has 0 saturated heterocycles. The van der Waals surface area contributed by atoms with Gasteiger partial charge in [0.1, 0.15) is 17.2 Å². The fourth-order valence-electron chi connectivity index (χ4n) is 1.97. The molecule has 2 rings (SSSR count). The molecule has 0 bridgehead atoms. The summed E-state index contributed by atoms with van der Waals surface area (Å²) in [5.41, 5.74) is 11.6. The number of aromatic nitrogens is 1. The van der Waals surface area contributed by atoms with Crippen molar-refractivity contribution >= 4 is 33.9 Å². The monoisotopic (exact) mass is 383 g/mol. The van der Waals surface area contributed by atoms with E-state index in [9.17, 15) is 8.42 Å². The van der Waals surface area contributed by atoms with Crippen LogP contribution >= 0.6 is 12.4 Å². The number of hydrogen-bond donors (Lipinski definition) is 2. The molecule has 2 aromatic rings. The normalized spacial score (nSPS) is 11.4. The van der Waals surface area contributed by atoms with E-state index in [4.69, 9.17) is 16.2 Å². The van der Waals surface area contributed by atoms with E-state index in [0.29, 0.717) is 11.3 Å². The van der Waals surface area contributed by atoms with Crippen LogP contribution in [0.2, 0.25) is 0 Å². The Morgan fingerprint density at radius 3 is 2.28 bits per heavy atom. The van der Waals surface area contributed by atoms with Crippen molar-refractivity contribution in [3.05, 3.63) is 53.9 Å². The Bertz CT molecular complexity index is 892. The topological polar surface area (TPSA) is 133 Å². The molecule has 0 unspecified atom stereocenters. The second-order valence-corrected chi connectivity index (χ2v) is 6.81. The van der Waals surface area contributed by atoms with Gasteiger partial charge in [-0.3, -0.25) is 4.98 Å². The van der Waals surface area contributed by atoms with Gasteiger partial charge in [0.25, 0.3) is 0 Å². The maximum Gasteiger partial charge on any atom is 0.211 e. The van der Waals surface area contributed by atoms with Gasteiger partial charge >= 0.3 is 0 Å². The Balaban J connectivity index is 0.00000312. The largest absolute Gasteiger partial charge is 0.497 e. The lowest BCUT2D eigenvalue weighted by Crippen LogP contribution is -2.22. The van der Waals surface area contributed by atoms with Gasteiger partial charge in [-0.25, -0.2) is 8.42 Å². The lowest BCUT2D eigenvalue weighted by molar-refractivity contribution is 0.415. The predicted molar refractivity (Wildman–Crippen MR) is 99.0 cm³/mol. The maximum absolute atomic E-state index is 12.0. The molecule has 0 fully saturated rings. The number of ether oxygens (including phenoxy) is 1. The molecule has 0 aliphatic rings. The highest BCUT2D eigenvalue weighted by Crippen LogP contribution is 2.20. The van der Waals surface area contributed by atoms with Crippen LogP contribution in [0.5, 0.6) is 5.75 Å². The van der Waals surface area contributed by atoms with Gasteiger partial charge in [-0.1, -0.05) is 0 Å². The van der Waals surface area contributed by atoms with E-state index < -0.39 is 9.84 Å². The highest BCUT2D eigenvalue weighted by atomic mass is 35.5. The number of halogens is 1. The molecule has 10 heteroatoms. The minimum Gasteiger partial charge on any atom is -0.497 e. The summed E-state index contributed by atoms with van der Waals surface area (Å²) in [5, 5.41) is 7.62. The number of rotatable bonds is 5. The third kappa shape index (κ3) is 5.16. The zero-order chi connectivity index (χ0) is 17.7. The Labute approximate surface area is 152 Å². The second-order valence-electron chi connectivity index (χ2n) is 4.82. The van der Waals surface area contributed by atoms with Crippen LogP contribution in [-0.4, -0.2) is 38.4 Å². The first-order chi connectivity index (χ1) is 11.3. The Morgan fingerprint density at radius 1 is 1.12 bits per heavy atom. The van der Waals surface area contributed by atoms with Crippen molar-refractivity contribution in [1.29, 1.82) is 0 Å². The molecule has 1 aromatic heterocycles. The van der Waals surface area contributed by atoms with Crippen LogP contribution in [0.3, 0.4) is 0 Å². The molecule has 0 radical (unpaired) electrons. The summed E-state index contributed by atoms with van der Waals surface area (Å²) >= 11 is 0. The first-order valence-corrected chi connectivity index (χ1v) is 8.68. The summed E-state index contributed by atoms with van der Waals surface area (Å²) in [6.07, 6.45) is 2.57.